The van der Waals surface area contributed by atoms with Gasteiger partial charge in [-0.05, 0) is 0 Å². The molecule has 0 amide bonds. The zero-order valence-electron chi connectivity index (χ0n) is 5.78. The zero-order chi connectivity index (χ0) is 10.7. The second-order valence-corrected chi connectivity index (χ2v) is 2.25. The first-order valence-electron chi connectivity index (χ1n) is 1.84. The molecule has 0 saturated carbocycles. The van der Waals surface area contributed by atoms with E-state index < -0.39 is 27.5 Å². The van der Waals surface area contributed by atoms with Crippen LogP contribution in [0.25, 0.3) is 0 Å². The fourth-order valence-corrected chi connectivity index (χ4v) is 0. The van der Waals surface area contributed by atoms with Crippen LogP contribution in [0.5, 0.6) is 0 Å². The van der Waals surface area contributed by atoms with E-state index in [9.17, 15) is 0 Å². The van der Waals surface area contributed by atoms with E-state index in [2.05, 4.69) is 0 Å². The van der Waals surface area contributed by atoms with Crippen molar-refractivity contribution in [3.63, 3.8) is 0 Å². The van der Waals surface area contributed by atoms with Gasteiger partial charge in [0.15, 0.2) is 0 Å². The van der Waals surface area contributed by atoms with E-state index in [-0.39, 0.29) is 44.8 Å². The summed E-state index contributed by atoms with van der Waals surface area (Å²) in [4.78, 5) is 51.1. The smallest absolute Gasteiger partial charge is 0.672 e. The van der Waals surface area contributed by atoms with E-state index in [4.69, 9.17) is 42.2 Å². The second kappa shape index (κ2) is 23.3. The Bertz CT molecular complexity index is 116. The third-order valence-electron chi connectivity index (χ3n) is 0. The molecule has 14 heteroatoms. The molecule has 0 aromatic heterocycles. The summed E-state index contributed by atoms with van der Waals surface area (Å²) in [5, 5.41) is 0. The number of hydrogen-bond donors (Lipinski definition) is 0. The van der Waals surface area contributed by atoms with Gasteiger partial charge < -0.3 is 42.2 Å². The molecule has 0 aromatic rings. The Balaban J connectivity index is -0.0000000270. The van der Waals surface area contributed by atoms with Crippen molar-refractivity contribution in [3.8, 4) is 0 Å². The molecular formula is Au2O9Si3. The summed E-state index contributed by atoms with van der Waals surface area (Å²) in [7, 11) is -10.9. The Morgan fingerprint density at radius 2 is 0.500 bits per heavy atom. The van der Waals surface area contributed by atoms with Gasteiger partial charge in [0.25, 0.3) is 0 Å². The molecule has 0 bridgehead atoms. The molecule has 0 saturated heterocycles. The molecular weight excluding hydrogens is 622 g/mol. The van der Waals surface area contributed by atoms with Crippen LogP contribution in [-0.4, -0.2) is 27.5 Å². The fourth-order valence-electron chi connectivity index (χ4n) is 0. The molecule has 0 spiro atoms. The summed E-state index contributed by atoms with van der Waals surface area (Å²) in [6.07, 6.45) is 0. The van der Waals surface area contributed by atoms with Crippen LogP contribution in [0.15, 0.2) is 0 Å². The average molecular weight is 622 g/mol. The van der Waals surface area contributed by atoms with Gasteiger partial charge in [0.05, 0.1) is 0 Å². The Kier molecular flexibility index (Phi) is 48.6. The number of rotatable bonds is 0. The van der Waals surface area contributed by atoms with E-state index in [1.54, 1.807) is 0 Å². The summed E-state index contributed by atoms with van der Waals surface area (Å²) in [6.45, 7) is 0. The van der Waals surface area contributed by atoms with E-state index in [1.807, 2.05) is 0 Å². The van der Waals surface area contributed by atoms with Crippen molar-refractivity contribution in [1.29, 1.82) is 0 Å². The molecule has 0 heterocycles. The van der Waals surface area contributed by atoms with E-state index in [0.29, 0.717) is 0 Å². The molecule has 14 heavy (non-hydrogen) atoms. The van der Waals surface area contributed by atoms with Gasteiger partial charge in [-0.15, -0.1) is 0 Å². The molecule has 0 aromatic carbocycles. The zero-order valence-corrected chi connectivity index (χ0v) is 13.1. The summed E-state index contributed by atoms with van der Waals surface area (Å²) in [5.74, 6) is 0. The Hall–Kier alpha value is 0.331. The first kappa shape index (κ1) is 29.3. The molecule has 0 fully saturated rings. The molecule has 0 N–H and O–H groups in total. The van der Waals surface area contributed by atoms with Gasteiger partial charge >= 0.3 is 44.8 Å². The molecule has 0 unspecified atom stereocenters. The maximum Gasteiger partial charge on any atom is 3.00 e. The monoisotopic (exact) mass is 622 g/mol. The van der Waals surface area contributed by atoms with Crippen LogP contribution in [0, 0.1) is 0 Å². The molecule has 0 aliphatic rings. The topological polar surface area (TPSA) is 190 Å². The first-order chi connectivity index (χ1) is 5.20. The molecule has 0 atom stereocenters. The van der Waals surface area contributed by atoms with Crippen molar-refractivity contribution in [2.24, 2.45) is 0 Å². The minimum atomic E-state index is -3.63. The van der Waals surface area contributed by atoms with Crippen molar-refractivity contribution in [2.45, 2.75) is 0 Å². The van der Waals surface area contributed by atoms with Crippen LogP contribution >= 0.6 is 0 Å². The molecule has 0 aliphatic carbocycles. The van der Waals surface area contributed by atoms with Crippen LogP contribution in [0.3, 0.4) is 0 Å². The van der Waals surface area contributed by atoms with E-state index in [1.165, 1.54) is 0 Å². The predicted octanol–water partition coefficient (Wildman–Crippen LogP) is -8.64. The van der Waals surface area contributed by atoms with Crippen molar-refractivity contribution >= 4 is 27.5 Å². The first-order valence-corrected chi connectivity index (χ1v) is 5.51. The SMILES string of the molecule is O=[Si]([O-])[O-].O=[Si]([O-])[O-].O=[Si]([O-])[O-].[Au+3].[Au+3]. The quantitative estimate of drug-likeness (QED) is 0.236. The molecule has 0 rings (SSSR count). The second-order valence-electron chi connectivity index (χ2n) is 0.750. The van der Waals surface area contributed by atoms with Crippen molar-refractivity contribution in [1.82, 2.24) is 0 Å². The van der Waals surface area contributed by atoms with E-state index >= 15 is 0 Å². The number of hydrogen-bond acceptors (Lipinski definition) is 9. The van der Waals surface area contributed by atoms with Gasteiger partial charge in [0.1, 0.15) is 0 Å². The molecule has 88 valence electrons. The molecule has 9 nitrogen and oxygen atoms in total. The third-order valence-corrected chi connectivity index (χ3v) is 0. The van der Waals surface area contributed by atoms with Crippen LogP contribution < -0.4 is 28.8 Å². The maximum atomic E-state index is 8.52. The molecule has 0 radical (unpaired) electrons. The van der Waals surface area contributed by atoms with Gasteiger partial charge in [-0.25, -0.2) is 0 Å². The van der Waals surface area contributed by atoms with Gasteiger partial charge in [0.2, 0.25) is 0 Å². The minimum absolute atomic E-state index is 0. The Morgan fingerprint density at radius 1 is 0.500 bits per heavy atom. The van der Waals surface area contributed by atoms with Crippen molar-refractivity contribution in [3.05, 3.63) is 0 Å². The van der Waals surface area contributed by atoms with Gasteiger partial charge in [-0.3, -0.25) is 0 Å². The Morgan fingerprint density at radius 3 is 0.500 bits per heavy atom. The maximum absolute atomic E-state index is 8.52. The predicted molar refractivity (Wildman–Crippen MR) is 19.3 cm³/mol. The summed E-state index contributed by atoms with van der Waals surface area (Å²) < 4.78 is 25.6. The third kappa shape index (κ3) is 14400. The summed E-state index contributed by atoms with van der Waals surface area (Å²) in [5.41, 5.74) is 0. The Labute approximate surface area is 114 Å². The van der Waals surface area contributed by atoms with Gasteiger partial charge in [0, 0.05) is 27.5 Å². The van der Waals surface area contributed by atoms with Crippen LogP contribution in [-0.2, 0) is 58.1 Å². The molecule has 0 aliphatic heterocycles. The van der Waals surface area contributed by atoms with Gasteiger partial charge in [-0.2, -0.15) is 0 Å². The standard InChI is InChI=1S/2Au.3O3Si/c;;3*1-4(2)3/q2*+3;3*-2. The van der Waals surface area contributed by atoms with Crippen molar-refractivity contribution in [2.75, 3.05) is 0 Å². The normalized spacial score (nSPS) is 5.14. The minimum Gasteiger partial charge on any atom is -0.672 e. The average Bonchev–Trinajstić information content (AvgIpc) is 1.54. The summed E-state index contributed by atoms with van der Waals surface area (Å²) in [6, 6.07) is 0. The van der Waals surface area contributed by atoms with Crippen LogP contribution in [0.1, 0.15) is 0 Å². The van der Waals surface area contributed by atoms with Crippen LogP contribution in [0.2, 0.25) is 0 Å². The largest absolute Gasteiger partial charge is 3.00 e. The van der Waals surface area contributed by atoms with Crippen LogP contribution in [0.4, 0.5) is 0 Å². The fraction of sp³-hybridized carbons (Fsp3) is 0. The van der Waals surface area contributed by atoms with Crippen molar-refractivity contribution < 1.29 is 86.9 Å². The summed E-state index contributed by atoms with van der Waals surface area (Å²) >= 11 is 0. The van der Waals surface area contributed by atoms with E-state index in [0.717, 1.165) is 0 Å². The van der Waals surface area contributed by atoms with Gasteiger partial charge in [-0.1, -0.05) is 0 Å².